The Hall–Kier alpha value is -1.24. The second kappa shape index (κ2) is 6.37. The van der Waals surface area contributed by atoms with Crippen LogP contribution in [0.5, 0.6) is 0 Å². The van der Waals surface area contributed by atoms with Crippen molar-refractivity contribution in [3.63, 3.8) is 0 Å². The van der Waals surface area contributed by atoms with Gasteiger partial charge in [0.15, 0.2) is 0 Å². The molecule has 1 amide bonds. The third kappa shape index (κ3) is 4.09. The monoisotopic (exact) mass is 245 g/mol. The predicted octanol–water partition coefficient (Wildman–Crippen LogP) is -0.133. The Morgan fingerprint density at radius 1 is 1.62 bits per heavy atom. The van der Waals surface area contributed by atoms with E-state index in [9.17, 15) is 9.90 Å². The lowest BCUT2D eigenvalue weighted by atomic mass is 10.3. The molecule has 1 heterocycles. The molecule has 1 atom stereocenters. The SMILES string of the molecule is COCC(O)CNC(=O)c1cnc(Cl)cn1. The molecule has 6 nitrogen and oxygen atoms in total. The molecule has 0 fully saturated rings. The summed E-state index contributed by atoms with van der Waals surface area (Å²) in [5, 5.41) is 12.0. The molecule has 16 heavy (non-hydrogen) atoms. The summed E-state index contributed by atoms with van der Waals surface area (Å²) in [6.45, 7) is 0.254. The van der Waals surface area contributed by atoms with E-state index in [2.05, 4.69) is 15.3 Å². The fourth-order valence-electron chi connectivity index (χ4n) is 0.982. The molecular weight excluding hydrogens is 234 g/mol. The van der Waals surface area contributed by atoms with Crippen LogP contribution >= 0.6 is 11.6 Å². The van der Waals surface area contributed by atoms with Gasteiger partial charge < -0.3 is 15.2 Å². The van der Waals surface area contributed by atoms with Crippen LogP contribution in [0.3, 0.4) is 0 Å². The lowest BCUT2D eigenvalue weighted by Crippen LogP contribution is -2.34. The lowest BCUT2D eigenvalue weighted by molar-refractivity contribution is 0.0608. The molecule has 0 aliphatic rings. The quantitative estimate of drug-likeness (QED) is 0.755. The number of nitrogens with zero attached hydrogens (tertiary/aromatic N) is 2. The Balaban J connectivity index is 2.43. The van der Waals surface area contributed by atoms with E-state index in [4.69, 9.17) is 16.3 Å². The molecule has 0 aliphatic carbocycles. The van der Waals surface area contributed by atoms with Crippen molar-refractivity contribution in [2.45, 2.75) is 6.10 Å². The van der Waals surface area contributed by atoms with Crippen molar-refractivity contribution < 1.29 is 14.6 Å². The fraction of sp³-hybridized carbons (Fsp3) is 0.444. The molecule has 1 unspecified atom stereocenters. The van der Waals surface area contributed by atoms with Crippen molar-refractivity contribution in [3.05, 3.63) is 23.2 Å². The maximum absolute atomic E-state index is 11.5. The van der Waals surface area contributed by atoms with Crippen LogP contribution < -0.4 is 5.32 Å². The number of aliphatic hydroxyl groups excluding tert-OH is 1. The van der Waals surface area contributed by atoms with Gasteiger partial charge in [-0.2, -0.15) is 0 Å². The Morgan fingerprint density at radius 3 is 2.94 bits per heavy atom. The number of amides is 1. The first-order valence-corrected chi connectivity index (χ1v) is 4.94. The normalized spacial score (nSPS) is 12.2. The zero-order valence-corrected chi connectivity index (χ0v) is 9.44. The minimum atomic E-state index is -0.741. The summed E-state index contributed by atoms with van der Waals surface area (Å²) in [5.41, 5.74) is 0.147. The minimum Gasteiger partial charge on any atom is -0.389 e. The van der Waals surface area contributed by atoms with Gasteiger partial charge in [-0.15, -0.1) is 0 Å². The third-order valence-electron chi connectivity index (χ3n) is 1.71. The van der Waals surface area contributed by atoms with Crippen LogP contribution in [0.4, 0.5) is 0 Å². The molecule has 0 radical (unpaired) electrons. The summed E-state index contributed by atoms with van der Waals surface area (Å²) >= 11 is 5.52. The number of nitrogens with one attached hydrogen (secondary N) is 1. The first kappa shape index (κ1) is 12.8. The number of aromatic nitrogens is 2. The number of halogens is 1. The van der Waals surface area contributed by atoms with Gasteiger partial charge in [-0.1, -0.05) is 11.6 Å². The summed E-state index contributed by atoms with van der Waals surface area (Å²) in [6.07, 6.45) is 1.80. The highest BCUT2D eigenvalue weighted by Crippen LogP contribution is 2.00. The second-order valence-electron chi connectivity index (χ2n) is 3.04. The van der Waals surface area contributed by atoms with E-state index in [-0.39, 0.29) is 24.0 Å². The predicted molar refractivity (Wildman–Crippen MR) is 57.3 cm³/mol. The van der Waals surface area contributed by atoms with Crippen molar-refractivity contribution in [3.8, 4) is 0 Å². The summed E-state index contributed by atoms with van der Waals surface area (Å²) in [7, 11) is 1.47. The Labute approximate surface area is 97.6 Å². The Morgan fingerprint density at radius 2 is 2.38 bits per heavy atom. The zero-order chi connectivity index (χ0) is 12.0. The number of ether oxygens (including phenoxy) is 1. The smallest absolute Gasteiger partial charge is 0.271 e. The summed E-state index contributed by atoms with van der Waals surface area (Å²) in [4.78, 5) is 19.0. The molecular formula is C9H12ClN3O3. The third-order valence-corrected chi connectivity index (χ3v) is 1.91. The van der Waals surface area contributed by atoms with Gasteiger partial charge >= 0.3 is 0 Å². The van der Waals surface area contributed by atoms with Gasteiger partial charge in [0.05, 0.1) is 25.1 Å². The van der Waals surface area contributed by atoms with Gasteiger partial charge in [0.2, 0.25) is 0 Å². The van der Waals surface area contributed by atoms with Crippen LogP contribution in [0.15, 0.2) is 12.4 Å². The average molecular weight is 246 g/mol. The van der Waals surface area contributed by atoms with Gasteiger partial charge in [0, 0.05) is 13.7 Å². The van der Waals surface area contributed by atoms with Crippen LogP contribution in [-0.2, 0) is 4.74 Å². The van der Waals surface area contributed by atoms with Crippen molar-refractivity contribution in [1.29, 1.82) is 0 Å². The molecule has 1 aromatic rings. The highest BCUT2D eigenvalue weighted by molar-refractivity contribution is 6.29. The van der Waals surface area contributed by atoms with E-state index in [0.29, 0.717) is 0 Å². The van der Waals surface area contributed by atoms with E-state index >= 15 is 0 Å². The summed E-state index contributed by atoms with van der Waals surface area (Å²) in [6, 6.07) is 0. The van der Waals surface area contributed by atoms with Gasteiger partial charge in [0.1, 0.15) is 10.8 Å². The molecule has 2 N–H and O–H groups in total. The Kier molecular flexibility index (Phi) is 5.10. The van der Waals surface area contributed by atoms with Gasteiger partial charge in [0.25, 0.3) is 5.91 Å². The Bertz CT molecular complexity index is 344. The van der Waals surface area contributed by atoms with Crippen LogP contribution in [0, 0.1) is 0 Å². The van der Waals surface area contributed by atoms with Crippen molar-refractivity contribution in [2.24, 2.45) is 0 Å². The maximum Gasteiger partial charge on any atom is 0.271 e. The number of hydrogen-bond donors (Lipinski definition) is 2. The van der Waals surface area contributed by atoms with Crippen molar-refractivity contribution in [1.82, 2.24) is 15.3 Å². The van der Waals surface area contributed by atoms with Crippen molar-refractivity contribution >= 4 is 17.5 Å². The van der Waals surface area contributed by atoms with Crippen LogP contribution in [-0.4, -0.2) is 47.3 Å². The molecule has 88 valence electrons. The van der Waals surface area contributed by atoms with Crippen LogP contribution in [0.2, 0.25) is 5.15 Å². The van der Waals surface area contributed by atoms with E-state index < -0.39 is 12.0 Å². The number of carbonyl (C=O) groups is 1. The highest BCUT2D eigenvalue weighted by atomic mass is 35.5. The highest BCUT2D eigenvalue weighted by Gasteiger charge is 2.10. The van der Waals surface area contributed by atoms with Gasteiger partial charge in [-0.3, -0.25) is 4.79 Å². The summed E-state index contributed by atoms with van der Waals surface area (Å²) in [5.74, 6) is -0.417. The molecule has 0 spiro atoms. The molecule has 0 aliphatic heterocycles. The summed E-state index contributed by atoms with van der Waals surface area (Å²) < 4.78 is 4.71. The van der Waals surface area contributed by atoms with Crippen molar-refractivity contribution in [2.75, 3.05) is 20.3 Å². The average Bonchev–Trinajstić information content (AvgIpc) is 2.27. The molecule has 0 saturated carbocycles. The fourth-order valence-corrected chi connectivity index (χ4v) is 1.08. The molecule has 0 saturated heterocycles. The molecule has 1 aromatic heterocycles. The lowest BCUT2D eigenvalue weighted by Gasteiger charge is -2.10. The van der Waals surface area contributed by atoms with E-state index in [1.165, 1.54) is 19.5 Å². The van der Waals surface area contributed by atoms with E-state index in [0.717, 1.165) is 0 Å². The molecule has 0 bridgehead atoms. The molecule has 0 aromatic carbocycles. The van der Waals surface area contributed by atoms with E-state index in [1.54, 1.807) is 0 Å². The number of hydrogen-bond acceptors (Lipinski definition) is 5. The standard InChI is InChI=1S/C9H12ClN3O3/c1-16-5-6(14)2-13-9(15)7-3-12-8(10)4-11-7/h3-4,6,14H,2,5H2,1H3,(H,13,15). The number of aliphatic hydroxyl groups is 1. The first-order chi connectivity index (χ1) is 7.63. The van der Waals surface area contributed by atoms with Gasteiger partial charge in [-0.25, -0.2) is 9.97 Å². The zero-order valence-electron chi connectivity index (χ0n) is 8.68. The number of carbonyl (C=O) groups excluding carboxylic acids is 1. The van der Waals surface area contributed by atoms with Crippen LogP contribution in [0.25, 0.3) is 0 Å². The minimum absolute atomic E-state index is 0.0942. The number of rotatable bonds is 5. The van der Waals surface area contributed by atoms with Gasteiger partial charge in [-0.05, 0) is 0 Å². The molecule has 1 rings (SSSR count). The number of methoxy groups -OCH3 is 1. The largest absolute Gasteiger partial charge is 0.389 e. The second-order valence-corrected chi connectivity index (χ2v) is 3.43. The van der Waals surface area contributed by atoms with E-state index in [1.807, 2.05) is 0 Å². The first-order valence-electron chi connectivity index (χ1n) is 4.56. The maximum atomic E-state index is 11.5. The molecule has 7 heteroatoms. The van der Waals surface area contributed by atoms with Crippen LogP contribution in [0.1, 0.15) is 10.5 Å². The topological polar surface area (TPSA) is 84.3 Å².